The smallest absolute Gasteiger partial charge is 0.399 e. The van der Waals surface area contributed by atoms with Crippen LogP contribution in [-0.2, 0) is 28.2 Å². The van der Waals surface area contributed by atoms with Gasteiger partial charge < -0.3 is 5.73 Å². The number of sulfonamides is 1. The van der Waals surface area contributed by atoms with Gasteiger partial charge in [-0.1, -0.05) is 44.5 Å². The van der Waals surface area contributed by atoms with E-state index in [1.807, 2.05) is 4.72 Å². The maximum atomic E-state index is 13.6. The number of carbonyl (C=O) groups excluding carboxylic acids is 1. The summed E-state index contributed by atoms with van der Waals surface area (Å²) in [4.78, 5) is 12.8. The summed E-state index contributed by atoms with van der Waals surface area (Å²) >= 11 is 6.07. The average Bonchev–Trinajstić information content (AvgIpc) is 3.13. The van der Waals surface area contributed by atoms with E-state index in [0.717, 1.165) is 10.7 Å². The number of carbonyl (C=O) groups is 1. The van der Waals surface area contributed by atoms with Gasteiger partial charge in [-0.05, 0) is 36.4 Å². The predicted octanol–water partition coefficient (Wildman–Crippen LogP) is 4.60. The number of alkyl halides is 3. The molecule has 1 heterocycles. The Morgan fingerprint density at radius 1 is 1.12 bits per heavy atom. The molecule has 1 amide bonds. The lowest BCUT2D eigenvalue weighted by Gasteiger charge is -2.16. The van der Waals surface area contributed by atoms with Gasteiger partial charge in [0.15, 0.2) is 0 Å². The number of nitrogens with zero attached hydrogens (tertiary/aromatic N) is 2. The van der Waals surface area contributed by atoms with Gasteiger partial charge in [0.1, 0.15) is 5.69 Å². The molecule has 0 spiro atoms. The number of hydrogen-bond donors (Lipinski definition) is 2. The van der Waals surface area contributed by atoms with Crippen LogP contribution in [0.2, 0.25) is 5.02 Å². The quantitative estimate of drug-likeness (QED) is 0.484. The van der Waals surface area contributed by atoms with Crippen molar-refractivity contribution in [3.8, 4) is 0 Å². The SMILES string of the molecule is CC(C)(C)c1cc(C(=O)NS(=O)(=O)c2cccc(N)c2)n(Cc2c(Cl)cccc2C(F)(F)F)n1. The molecule has 0 saturated carbocycles. The van der Waals surface area contributed by atoms with Crippen LogP contribution in [0.25, 0.3) is 0 Å². The number of nitrogen functional groups attached to an aromatic ring is 1. The predicted molar refractivity (Wildman–Crippen MR) is 122 cm³/mol. The van der Waals surface area contributed by atoms with E-state index in [1.54, 1.807) is 20.8 Å². The summed E-state index contributed by atoms with van der Waals surface area (Å²) in [5.74, 6) is -1.06. The van der Waals surface area contributed by atoms with E-state index in [1.165, 1.54) is 42.5 Å². The van der Waals surface area contributed by atoms with Crippen LogP contribution in [0, 0.1) is 0 Å². The highest BCUT2D eigenvalue weighted by Crippen LogP contribution is 2.35. The third-order valence-electron chi connectivity index (χ3n) is 4.91. The first-order chi connectivity index (χ1) is 15.6. The van der Waals surface area contributed by atoms with E-state index >= 15 is 0 Å². The van der Waals surface area contributed by atoms with Gasteiger partial charge in [-0.15, -0.1) is 0 Å². The minimum Gasteiger partial charge on any atom is -0.399 e. The third kappa shape index (κ3) is 5.53. The molecule has 0 atom stereocenters. The van der Waals surface area contributed by atoms with Crippen LogP contribution in [0.1, 0.15) is 48.1 Å². The van der Waals surface area contributed by atoms with E-state index < -0.39 is 39.6 Å². The second-order valence-electron chi connectivity index (χ2n) is 8.59. The Morgan fingerprint density at radius 3 is 2.35 bits per heavy atom. The second kappa shape index (κ2) is 8.95. The molecule has 7 nitrogen and oxygen atoms in total. The van der Waals surface area contributed by atoms with Gasteiger partial charge in [0.2, 0.25) is 0 Å². The van der Waals surface area contributed by atoms with Crippen molar-refractivity contribution in [1.29, 1.82) is 0 Å². The van der Waals surface area contributed by atoms with Crippen LogP contribution >= 0.6 is 11.6 Å². The van der Waals surface area contributed by atoms with Gasteiger partial charge in [-0.2, -0.15) is 18.3 Å². The molecule has 3 rings (SSSR count). The first-order valence-electron chi connectivity index (χ1n) is 9.95. The molecular formula is C22H22ClF3N4O3S. The Kier molecular flexibility index (Phi) is 6.73. The van der Waals surface area contributed by atoms with Crippen molar-refractivity contribution < 1.29 is 26.4 Å². The topological polar surface area (TPSA) is 107 Å². The maximum Gasteiger partial charge on any atom is 0.416 e. The minimum atomic E-state index is -4.70. The van der Waals surface area contributed by atoms with Crippen LogP contribution in [0.5, 0.6) is 0 Å². The van der Waals surface area contributed by atoms with Gasteiger partial charge in [-0.3, -0.25) is 9.48 Å². The number of halogens is 4. The van der Waals surface area contributed by atoms with Gasteiger partial charge in [0.05, 0.1) is 22.7 Å². The standard InChI is InChI=1S/C22H22ClF3N4O3S/c1-21(2,3)19-11-18(20(31)29-34(32,33)14-7-4-6-13(27)10-14)30(28-19)12-15-16(22(24,25)26)8-5-9-17(15)23/h4-11H,12,27H2,1-3H3,(H,29,31). The number of benzene rings is 2. The maximum absolute atomic E-state index is 13.6. The normalized spacial score (nSPS) is 12.6. The average molecular weight is 515 g/mol. The molecule has 0 bridgehead atoms. The number of nitrogens with one attached hydrogen (secondary N) is 1. The highest BCUT2D eigenvalue weighted by atomic mass is 35.5. The Hall–Kier alpha value is -3.05. The first kappa shape index (κ1) is 25.6. The summed E-state index contributed by atoms with van der Waals surface area (Å²) in [5.41, 5.74) is 4.07. The van der Waals surface area contributed by atoms with Crippen LogP contribution in [0.4, 0.5) is 18.9 Å². The second-order valence-corrected chi connectivity index (χ2v) is 10.7. The Bertz CT molecular complexity index is 1350. The van der Waals surface area contributed by atoms with Gasteiger partial charge in [0, 0.05) is 21.7 Å². The molecule has 182 valence electrons. The van der Waals surface area contributed by atoms with E-state index in [2.05, 4.69) is 5.10 Å². The summed E-state index contributed by atoms with van der Waals surface area (Å²) in [6, 6.07) is 10.00. The number of rotatable bonds is 5. The largest absolute Gasteiger partial charge is 0.416 e. The van der Waals surface area contributed by atoms with Crippen LogP contribution in [-0.4, -0.2) is 24.1 Å². The molecule has 0 saturated heterocycles. The molecule has 0 fully saturated rings. The Labute approximate surface area is 199 Å². The fourth-order valence-electron chi connectivity index (χ4n) is 3.14. The van der Waals surface area contributed by atoms with E-state index in [9.17, 15) is 26.4 Å². The van der Waals surface area contributed by atoms with Crippen molar-refractivity contribution in [3.05, 3.63) is 76.1 Å². The summed E-state index contributed by atoms with van der Waals surface area (Å²) in [5, 5.41) is 4.13. The molecule has 0 aliphatic rings. The highest BCUT2D eigenvalue weighted by Gasteiger charge is 2.35. The van der Waals surface area contributed by atoms with Crippen LogP contribution in [0.15, 0.2) is 53.4 Å². The Balaban J connectivity index is 2.06. The van der Waals surface area contributed by atoms with Crippen molar-refractivity contribution >= 4 is 33.2 Å². The Morgan fingerprint density at radius 2 is 1.76 bits per heavy atom. The molecule has 34 heavy (non-hydrogen) atoms. The number of nitrogens with two attached hydrogens (primary N) is 1. The monoisotopic (exact) mass is 514 g/mol. The molecule has 0 radical (unpaired) electrons. The van der Waals surface area contributed by atoms with E-state index in [4.69, 9.17) is 17.3 Å². The van der Waals surface area contributed by atoms with Crippen molar-refractivity contribution in [2.75, 3.05) is 5.73 Å². The van der Waals surface area contributed by atoms with E-state index in [0.29, 0.717) is 5.69 Å². The van der Waals surface area contributed by atoms with E-state index in [-0.39, 0.29) is 26.9 Å². The van der Waals surface area contributed by atoms with Gasteiger partial charge in [0.25, 0.3) is 15.9 Å². The summed E-state index contributed by atoms with van der Waals surface area (Å²) in [6.45, 7) is 4.87. The van der Waals surface area contributed by atoms with Crippen molar-refractivity contribution in [2.24, 2.45) is 0 Å². The fraction of sp³-hybridized carbons (Fsp3) is 0.273. The molecule has 2 aromatic carbocycles. The summed E-state index contributed by atoms with van der Waals surface area (Å²) in [7, 11) is -4.31. The van der Waals surface area contributed by atoms with Gasteiger partial charge in [-0.25, -0.2) is 13.1 Å². The number of aromatic nitrogens is 2. The molecule has 3 aromatic rings. The van der Waals surface area contributed by atoms with Crippen molar-refractivity contribution in [3.63, 3.8) is 0 Å². The summed E-state index contributed by atoms with van der Waals surface area (Å²) < 4.78 is 69.0. The van der Waals surface area contributed by atoms with Crippen molar-refractivity contribution in [1.82, 2.24) is 14.5 Å². The lowest BCUT2D eigenvalue weighted by molar-refractivity contribution is -0.138. The molecule has 0 aliphatic carbocycles. The summed E-state index contributed by atoms with van der Waals surface area (Å²) in [6.07, 6.45) is -4.70. The molecule has 0 unspecified atom stereocenters. The zero-order valence-corrected chi connectivity index (χ0v) is 20.0. The lowest BCUT2D eigenvalue weighted by atomic mass is 9.92. The van der Waals surface area contributed by atoms with Crippen LogP contribution in [0.3, 0.4) is 0 Å². The molecule has 3 N–H and O–H groups in total. The molecular weight excluding hydrogens is 493 g/mol. The van der Waals surface area contributed by atoms with Gasteiger partial charge >= 0.3 is 6.18 Å². The van der Waals surface area contributed by atoms with Crippen molar-refractivity contribution in [2.45, 2.75) is 43.8 Å². The number of hydrogen-bond acceptors (Lipinski definition) is 5. The minimum absolute atomic E-state index is 0.165. The third-order valence-corrected chi connectivity index (χ3v) is 6.59. The molecule has 12 heteroatoms. The fourth-order valence-corrected chi connectivity index (χ4v) is 4.39. The molecule has 1 aromatic heterocycles. The first-order valence-corrected chi connectivity index (χ1v) is 11.8. The zero-order valence-electron chi connectivity index (χ0n) is 18.4. The molecule has 0 aliphatic heterocycles. The number of amides is 1. The van der Waals surface area contributed by atoms with Crippen LogP contribution < -0.4 is 10.5 Å². The number of anilines is 1. The lowest BCUT2D eigenvalue weighted by Crippen LogP contribution is -2.32. The highest BCUT2D eigenvalue weighted by molar-refractivity contribution is 7.90. The zero-order chi connectivity index (χ0) is 25.5.